The van der Waals surface area contributed by atoms with E-state index in [1.807, 2.05) is 0 Å². The van der Waals surface area contributed by atoms with Gasteiger partial charge in [0.05, 0.1) is 0 Å². The van der Waals surface area contributed by atoms with Gasteiger partial charge in [-0.3, -0.25) is 0 Å². The van der Waals surface area contributed by atoms with Gasteiger partial charge < -0.3 is 10.2 Å². The van der Waals surface area contributed by atoms with Crippen molar-refractivity contribution in [1.82, 2.24) is 0 Å². The summed E-state index contributed by atoms with van der Waals surface area (Å²) in [5, 5.41) is 15.2. The van der Waals surface area contributed by atoms with Crippen LogP contribution in [0.3, 0.4) is 0 Å². The van der Waals surface area contributed by atoms with Crippen molar-refractivity contribution in [3.8, 4) is 0 Å². The highest BCUT2D eigenvalue weighted by Crippen LogP contribution is 2.13. The number of halogens is 3. The number of aliphatic carboxylic acids is 2. The van der Waals surface area contributed by atoms with Gasteiger partial charge in [-0.2, -0.15) is 18.2 Å². The van der Waals surface area contributed by atoms with Crippen molar-refractivity contribution in [3.63, 3.8) is 0 Å². The van der Waals surface area contributed by atoms with Gasteiger partial charge >= 0.3 is 18.1 Å². The zero-order valence-corrected chi connectivity index (χ0v) is 7.28. The highest BCUT2D eigenvalue weighted by Gasteiger charge is 2.38. The molecule has 0 bridgehead atoms. The number of carbonyl (C=O) groups is 2. The van der Waals surface area contributed by atoms with E-state index in [2.05, 4.69) is 4.99 Å². The Balaban J connectivity index is 0. The summed E-state index contributed by atoms with van der Waals surface area (Å²) in [7, 11) is 0. The van der Waals surface area contributed by atoms with Crippen LogP contribution >= 0.6 is 0 Å². The molecule has 0 aliphatic heterocycles. The molecule has 86 valence electrons. The highest BCUT2D eigenvalue weighted by molar-refractivity contribution is 5.74. The number of nitrogens with zero attached hydrogens (tertiary/aromatic N) is 1. The molecule has 0 amide bonds. The van der Waals surface area contributed by atoms with Crippen LogP contribution in [0.2, 0.25) is 0 Å². The van der Waals surface area contributed by atoms with E-state index in [9.17, 15) is 22.8 Å². The maximum atomic E-state index is 10.6. The number of carboxylic acid groups (broad SMARTS) is 2. The lowest BCUT2D eigenvalue weighted by molar-refractivity contribution is -0.192. The minimum atomic E-state index is -5.08. The second kappa shape index (κ2) is 6.55. The first-order chi connectivity index (χ1) is 6.62. The molecule has 0 heterocycles. The Kier molecular flexibility index (Phi) is 6.80. The Morgan fingerprint density at radius 3 is 1.73 bits per heavy atom. The SMILES string of the molecule is CC(N=C=O)C(=O)O.O=C(O)C(F)(F)F. The summed E-state index contributed by atoms with van der Waals surface area (Å²) in [6, 6.07) is -0.965. The van der Waals surface area contributed by atoms with Crippen molar-refractivity contribution < 1.29 is 37.8 Å². The first-order valence-corrected chi connectivity index (χ1v) is 3.22. The van der Waals surface area contributed by atoms with Gasteiger partial charge in [0.1, 0.15) is 0 Å². The maximum Gasteiger partial charge on any atom is 0.490 e. The second-order valence-electron chi connectivity index (χ2n) is 2.04. The normalized spacial score (nSPS) is 11.5. The lowest BCUT2D eigenvalue weighted by Gasteiger charge is -1.93. The van der Waals surface area contributed by atoms with Crippen molar-refractivity contribution in [2.24, 2.45) is 4.99 Å². The van der Waals surface area contributed by atoms with Gasteiger partial charge in [0.15, 0.2) is 6.04 Å². The summed E-state index contributed by atoms with van der Waals surface area (Å²) in [5.41, 5.74) is 0. The first kappa shape index (κ1) is 15.6. The summed E-state index contributed by atoms with van der Waals surface area (Å²) in [4.78, 5) is 31.0. The largest absolute Gasteiger partial charge is 0.490 e. The average Bonchev–Trinajstić information content (AvgIpc) is 2.03. The molecule has 1 unspecified atom stereocenters. The minimum absolute atomic E-state index is 0.965. The number of aliphatic imine (C=N–C) groups is 1. The molecule has 0 radical (unpaired) electrons. The molecule has 0 saturated heterocycles. The molecule has 1 atom stereocenters. The number of hydrogen-bond acceptors (Lipinski definition) is 4. The van der Waals surface area contributed by atoms with Crippen molar-refractivity contribution in [3.05, 3.63) is 0 Å². The van der Waals surface area contributed by atoms with Gasteiger partial charge in [-0.1, -0.05) is 0 Å². The van der Waals surface area contributed by atoms with Crippen LogP contribution in [0.15, 0.2) is 4.99 Å². The van der Waals surface area contributed by atoms with Crippen molar-refractivity contribution in [2.75, 3.05) is 0 Å². The molecule has 2 N–H and O–H groups in total. The summed E-state index contributed by atoms with van der Waals surface area (Å²) >= 11 is 0. The lowest BCUT2D eigenvalue weighted by Crippen LogP contribution is -2.21. The van der Waals surface area contributed by atoms with Crippen LogP contribution in [0, 0.1) is 0 Å². The Morgan fingerprint density at radius 1 is 1.33 bits per heavy atom. The molecule has 0 fully saturated rings. The fourth-order valence-corrected chi connectivity index (χ4v) is 0.134. The van der Waals surface area contributed by atoms with Gasteiger partial charge in [-0.15, -0.1) is 0 Å². The predicted octanol–water partition coefficient (Wildman–Crippen LogP) is 0.429. The van der Waals surface area contributed by atoms with Crippen LogP contribution in [0.1, 0.15) is 6.92 Å². The van der Waals surface area contributed by atoms with Crippen LogP contribution in [-0.2, 0) is 14.4 Å². The van der Waals surface area contributed by atoms with Crippen molar-refractivity contribution >= 4 is 18.0 Å². The summed E-state index contributed by atoms with van der Waals surface area (Å²) < 4.78 is 31.7. The third-order valence-electron chi connectivity index (χ3n) is 0.846. The number of rotatable bonds is 2. The molecule has 0 saturated carbocycles. The van der Waals surface area contributed by atoms with E-state index in [1.54, 1.807) is 0 Å². The van der Waals surface area contributed by atoms with E-state index in [-0.39, 0.29) is 0 Å². The average molecular weight is 229 g/mol. The van der Waals surface area contributed by atoms with Gasteiger partial charge in [0, 0.05) is 0 Å². The number of carboxylic acids is 2. The summed E-state index contributed by atoms with van der Waals surface area (Å²) in [6.07, 6.45) is -3.94. The van der Waals surface area contributed by atoms with Gasteiger partial charge in [-0.05, 0) is 6.92 Å². The van der Waals surface area contributed by atoms with E-state index < -0.39 is 24.2 Å². The van der Waals surface area contributed by atoms with Gasteiger partial charge in [0.25, 0.3) is 0 Å². The predicted molar refractivity (Wildman–Crippen MR) is 38.9 cm³/mol. The Bertz CT molecular complexity index is 279. The molecule has 0 rings (SSSR count). The summed E-state index contributed by atoms with van der Waals surface area (Å²) in [6.45, 7) is 1.30. The molecule has 0 aromatic heterocycles. The van der Waals surface area contributed by atoms with Gasteiger partial charge in [0.2, 0.25) is 6.08 Å². The molecular weight excluding hydrogens is 223 g/mol. The first-order valence-electron chi connectivity index (χ1n) is 3.22. The van der Waals surface area contributed by atoms with Crippen molar-refractivity contribution in [2.45, 2.75) is 19.1 Å². The topological polar surface area (TPSA) is 104 Å². The Hall–Kier alpha value is -1.89. The molecule has 15 heavy (non-hydrogen) atoms. The Labute approximate surface area is 81.0 Å². The maximum absolute atomic E-state index is 10.6. The third-order valence-corrected chi connectivity index (χ3v) is 0.846. The molecule has 0 aliphatic carbocycles. The van der Waals surface area contributed by atoms with E-state index >= 15 is 0 Å². The summed E-state index contributed by atoms with van der Waals surface area (Å²) in [5.74, 6) is -3.87. The fourth-order valence-electron chi connectivity index (χ4n) is 0.134. The second-order valence-corrected chi connectivity index (χ2v) is 2.04. The van der Waals surface area contributed by atoms with Crippen LogP contribution in [0.4, 0.5) is 13.2 Å². The monoisotopic (exact) mass is 229 g/mol. The molecule has 0 aromatic rings. The van der Waals surface area contributed by atoms with Crippen LogP contribution < -0.4 is 0 Å². The Morgan fingerprint density at radius 2 is 1.67 bits per heavy atom. The number of hydrogen-bond donors (Lipinski definition) is 2. The number of isocyanates is 1. The van der Waals surface area contributed by atoms with E-state index in [4.69, 9.17) is 15.0 Å². The van der Waals surface area contributed by atoms with E-state index in [0.29, 0.717) is 0 Å². The quantitative estimate of drug-likeness (QED) is 0.527. The number of carbonyl (C=O) groups excluding carboxylic acids is 1. The smallest absolute Gasteiger partial charge is 0.480 e. The van der Waals surface area contributed by atoms with Crippen molar-refractivity contribution in [1.29, 1.82) is 0 Å². The minimum Gasteiger partial charge on any atom is -0.480 e. The van der Waals surface area contributed by atoms with Crippen LogP contribution in [0.5, 0.6) is 0 Å². The molecule has 9 heteroatoms. The standard InChI is InChI=1S/C4H5NO3.C2HF3O2/c1-3(4(7)8)5-2-6;3-2(4,5)1(6)7/h3H,1H3,(H,7,8);(H,6,7). The zero-order valence-electron chi connectivity index (χ0n) is 7.28. The molecule has 6 nitrogen and oxygen atoms in total. The van der Waals surface area contributed by atoms with E-state index in [1.165, 1.54) is 6.92 Å². The van der Waals surface area contributed by atoms with Crippen LogP contribution in [0.25, 0.3) is 0 Å². The van der Waals surface area contributed by atoms with E-state index in [0.717, 1.165) is 6.08 Å². The van der Waals surface area contributed by atoms with Gasteiger partial charge in [-0.25, -0.2) is 14.4 Å². The molecule has 0 aromatic carbocycles. The lowest BCUT2D eigenvalue weighted by atomic mass is 10.4. The third kappa shape index (κ3) is 10.0. The molecule has 0 aliphatic rings. The zero-order chi connectivity index (χ0) is 12.6. The molecular formula is C6H6F3NO5. The van der Waals surface area contributed by atoms with Crippen LogP contribution in [-0.4, -0.2) is 40.4 Å². The molecule has 0 spiro atoms. The highest BCUT2D eigenvalue weighted by atomic mass is 19.4. The number of alkyl halides is 3. The fraction of sp³-hybridized carbons (Fsp3) is 0.500.